The molecular weight excluding hydrogens is 246 g/mol. The average Bonchev–Trinajstić information content (AvgIpc) is 2.76. The molecule has 0 bridgehead atoms. The van der Waals surface area contributed by atoms with E-state index in [9.17, 15) is 4.79 Å². The van der Waals surface area contributed by atoms with Crippen LogP contribution in [0.1, 0.15) is 20.9 Å². The van der Waals surface area contributed by atoms with Crippen molar-refractivity contribution in [3.63, 3.8) is 0 Å². The molecule has 0 saturated heterocycles. The molecule has 94 valence electrons. The fourth-order valence-corrected chi connectivity index (χ4v) is 2.45. The molecule has 5 heteroatoms. The number of carbonyl (C=O) groups excluding carboxylic acids is 1. The Kier molecular flexibility index (Phi) is 3.94. The van der Waals surface area contributed by atoms with E-state index < -0.39 is 5.91 Å². The van der Waals surface area contributed by atoms with Gasteiger partial charge in [-0.3, -0.25) is 4.79 Å². The lowest BCUT2D eigenvalue weighted by atomic mass is 10.2. The summed E-state index contributed by atoms with van der Waals surface area (Å²) in [7, 11) is 0. The molecule has 1 amide bonds. The van der Waals surface area contributed by atoms with Gasteiger partial charge in [0.15, 0.2) is 0 Å². The summed E-state index contributed by atoms with van der Waals surface area (Å²) in [4.78, 5) is 16.5. The molecule has 0 unspecified atom stereocenters. The molecule has 0 saturated carbocycles. The first kappa shape index (κ1) is 12.6. The Balaban J connectivity index is 1.92. The van der Waals surface area contributed by atoms with Gasteiger partial charge in [-0.15, -0.1) is 11.3 Å². The van der Waals surface area contributed by atoms with Crippen molar-refractivity contribution in [2.75, 3.05) is 11.9 Å². The van der Waals surface area contributed by atoms with Gasteiger partial charge in [0.25, 0.3) is 0 Å². The van der Waals surface area contributed by atoms with E-state index in [0.717, 1.165) is 24.3 Å². The number of thiazole rings is 1. The van der Waals surface area contributed by atoms with Crippen molar-refractivity contribution in [2.24, 2.45) is 5.73 Å². The zero-order valence-corrected chi connectivity index (χ0v) is 11.0. The third-order valence-electron chi connectivity index (χ3n) is 2.67. The van der Waals surface area contributed by atoms with Crippen LogP contribution in [0, 0.1) is 6.92 Å². The predicted octanol–water partition coefficient (Wildman–Crippen LogP) is 2.21. The normalized spacial score (nSPS) is 10.3. The second-order valence-corrected chi connectivity index (χ2v) is 4.92. The van der Waals surface area contributed by atoms with Gasteiger partial charge < -0.3 is 11.1 Å². The first-order valence-electron chi connectivity index (χ1n) is 5.69. The topological polar surface area (TPSA) is 68.0 Å². The third-order valence-corrected chi connectivity index (χ3v) is 3.67. The van der Waals surface area contributed by atoms with Crippen molar-refractivity contribution < 1.29 is 4.79 Å². The molecule has 18 heavy (non-hydrogen) atoms. The van der Waals surface area contributed by atoms with Crippen LogP contribution in [-0.4, -0.2) is 17.4 Å². The number of anilines is 1. The van der Waals surface area contributed by atoms with Gasteiger partial charge in [-0.2, -0.15) is 0 Å². The van der Waals surface area contributed by atoms with Crippen molar-refractivity contribution >= 4 is 22.9 Å². The summed E-state index contributed by atoms with van der Waals surface area (Å²) in [5.41, 5.74) is 9.62. The van der Waals surface area contributed by atoms with Crippen LogP contribution in [0.3, 0.4) is 0 Å². The van der Waals surface area contributed by atoms with Gasteiger partial charge in [-0.05, 0) is 25.1 Å². The van der Waals surface area contributed by atoms with Crippen molar-refractivity contribution in [1.29, 1.82) is 0 Å². The van der Waals surface area contributed by atoms with E-state index in [1.54, 1.807) is 23.5 Å². The molecule has 0 aliphatic rings. The molecule has 2 aromatic rings. The Labute approximate surface area is 110 Å². The van der Waals surface area contributed by atoms with Gasteiger partial charge in [0.05, 0.1) is 11.2 Å². The molecule has 0 fully saturated rings. The highest BCUT2D eigenvalue weighted by Gasteiger charge is 2.03. The molecule has 2 rings (SSSR count). The molecule has 0 atom stereocenters. The van der Waals surface area contributed by atoms with Crippen LogP contribution in [0.4, 0.5) is 5.69 Å². The van der Waals surface area contributed by atoms with Crippen molar-refractivity contribution in [3.05, 3.63) is 45.9 Å². The lowest BCUT2D eigenvalue weighted by Gasteiger charge is -2.06. The number of amides is 1. The number of nitrogens with two attached hydrogens (primary N) is 1. The number of aryl methyl sites for hydroxylation is 1. The highest BCUT2D eigenvalue weighted by Crippen LogP contribution is 2.14. The van der Waals surface area contributed by atoms with E-state index in [2.05, 4.69) is 10.3 Å². The lowest BCUT2D eigenvalue weighted by molar-refractivity contribution is 0.100. The summed E-state index contributed by atoms with van der Waals surface area (Å²) in [6.45, 7) is 2.82. The molecule has 0 radical (unpaired) electrons. The van der Waals surface area contributed by atoms with Crippen LogP contribution in [0.15, 0.2) is 29.8 Å². The summed E-state index contributed by atoms with van der Waals surface area (Å²) in [5, 5.41) is 3.28. The molecule has 3 N–H and O–H groups in total. The Morgan fingerprint density at radius 3 is 3.00 bits per heavy atom. The molecule has 0 spiro atoms. The molecule has 1 aromatic carbocycles. The highest BCUT2D eigenvalue weighted by molar-refractivity contribution is 7.09. The van der Waals surface area contributed by atoms with Crippen molar-refractivity contribution in [1.82, 2.24) is 4.98 Å². The van der Waals surface area contributed by atoms with E-state index in [-0.39, 0.29) is 0 Å². The van der Waals surface area contributed by atoms with Crippen LogP contribution in [0.2, 0.25) is 0 Å². The predicted molar refractivity (Wildman–Crippen MR) is 74.0 cm³/mol. The maximum atomic E-state index is 11.0. The van der Waals surface area contributed by atoms with E-state index in [1.165, 1.54) is 4.88 Å². The monoisotopic (exact) mass is 261 g/mol. The Morgan fingerprint density at radius 1 is 1.50 bits per heavy atom. The van der Waals surface area contributed by atoms with E-state index in [1.807, 2.05) is 24.6 Å². The minimum absolute atomic E-state index is 0.406. The number of hydrogen-bond donors (Lipinski definition) is 2. The van der Waals surface area contributed by atoms with Gasteiger partial charge in [0.1, 0.15) is 0 Å². The van der Waals surface area contributed by atoms with Crippen LogP contribution in [0.25, 0.3) is 0 Å². The number of hydrogen-bond acceptors (Lipinski definition) is 4. The van der Waals surface area contributed by atoms with E-state index >= 15 is 0 Å². The maximum absolute atomic E-state index is 11.0. The van der Waals surface area contributed by atoms with Crippen LogP contribution < -0.4 is 11.1 Å². The van der Waals surface area contributed by atoms with Crippen LogP contribution >= 0.6 is 11.3 Å². The fourth-order valence-electron chi connectivity index (χ4n) is 1.67. The summed E-state index contributed by atoms with van der Waals surface area (Å²) in [6, 6.07) is 7.22. The second-order valence-electron chi connectivity index (χ2n) is 3.98. The number of carbonyl (C=O) groups is 1. The first-order chi connectivity index (χ1) is 8.66. The molecular formula is C13H15N3OS. The molecule has 0 aliphatic carbocycles. The van der Waals surface area contributed by atoms with Crippen molar-refractivity contribution in [3.8, 4) is 0 Å². The number of benzene rings is 1. The lowest BCUT2D eigenvalue weighted by Crippen LogP contribution is -2.11. The average molecular weight is 261 g/mol. The molecule has 1 heterocycles. The molecule has 1 aromatic heterocycles. The number of nitrogens with zero attached hydrogens (tertiary/aromatic N) is 1. The van der Waals surface area contributed by atoms with Gasteiger partial charge >= 0.3 is 0 Å². The summed E-state index contributed by atoms with van der Waals surface area (Å²) < 4.78 is 0. The SMILES string of the molecule is Cc1ncsc1CCNc1cccc(C(N)=O)c1. The summed E-state index contributed by atoms with van der Waals surface area (Å²) >= 11 is 1.67. The molecule has 0 aliphatic heterocycles. The van der Waals surface area contributed by atoms with Gasteiger partial charge in [-0.25, -0.2) is 4.98 Å². The van der Waals surface area contributed by atoms with Gasteiger partial charge in [0.2, 0.25) is 5.91 Å². The van der Waals surface area contributed by atoms with Gasteiger partial charge in [-0.1, -0.05) is 6.07 Å². The zero-order chi connectivity index (χ0) is 13.0. The minimum atomic E-state index is -0.406. The number of rotatable bonds is 5. The standard InChI is InChI=1S/C13H15N3OS/c1-9-12(18-8-16-9)5-6-15-11-4-2-3-10(7-11)13(14)17/h2-4,7-8,15H,5-6H2,1H3,(H2,14,17). The zero-order valence-electron chi connectivity index (χ0n) is 10.1. The number of nitrogens with one attached hydrogen (secondary N) is 1. The second kappa shape index (κ2) is 5.64. The highest BCUT2D eigenvalue weighted by atomic mass is 32.1. The maximum Gasteiger partial charge on any atom is 0.248 e. The Bertz CT molecular complexity index is 551. The van der Waals surface area contributed by atoms with E-state index in [4.69, 9.17) is 5.73 Å². The Hall–Kier alpha value is -1.88. The summed E-state index contributed by atoms with van der Waals surface area (Å²) in [5.74, 6) is -0.406. The smallest absolute Gasteiger partial charge is 0.248 e. The fraction of sp³-hybridized carbons (Fsp3) is 0.231. The van der Waals surface area contributed by atoms with Gasteiger partial charge in [0, 0.05) is 29.1 Å². The third kappa shape index (κ3) is 3.07. The quantitative estimate of drug-likeness (QED) is 0.867. The minimum Gasteiger partial charge on any atom is -0.385 e. The number of aromatic nitrogens is 1. The Morgan fingerprint density at radius 2 is 2.33 bits per heavy atom. The van der Waals surface area contributed by atoms with E-state index in [0.29, 0.717) is 5.56 Å². The van der Waals surface area contributed by atoms with Crippen LogP contribution in [0.5, 0.6) is 0 Å². The van der Waals surface area contributed by atoms with Crippen LogP contribution in [-0.2, 0) is 6.42 Å². The molecule has 4 nitrogen and oxygen atoms in total. The summed E-state index contributed by atoms with van der Waals surface area (Å²) in [6.07, 6.45) is 0.928. The first-order valence-corrected chi connectivity index (χ1v) is 6.57. The number of primary amides is 1. The largest absolute Gasteiger partial charge is 0.385 e. The van der Waals surface area contributed by atoms with Crippen molar-refractivity contribution in [2.45, 2.75) is 13.3 Å².